The summed E-state index contributed by atoms with van der Waals surface area (Å²) >= 11 is 0. The second kappa shape index (κ2) is 6.71. The van der Waals surface area contributed by atoms with Crippen LogP contribution in [0.2, 0.25) is 0 Å². The number of carbonyl (C=O) groups excluding carboxylic acids is 2. The third kappa shape index (κ3) is 3.05. The van der Waals surface area contributed by atoms with Gasteiger partial charge in [-0.2, -0.15) is 0 Å². The molecule has 2 aliphatic rings. The molecule has 1 aliphatic heterocycles. The first kappa shape index (κ1) is 16.6. The number of amides is 2. The average Bonchev–Trinajstić information content (AvgIpc) is 3.36. The quantitative estimate of drug-likeness (QED) is 0.841. The molecule has 0 radical (unpaired) electrons. The number of nitrogens with zero attached hydrogens (tertiary/aromatic N) is 2. The van der Waals surface area contributed by atoms with Crippen molar-refractivity contribution in [1.82, 2.24) is 9.80 Å². The van der Waals surface area contributed by atoms with E-state index < -0.39 is 0 Å². The summed E-state index contributed by atoms with van der Waals surface area (Å²) in [7, 11) is 3.08. The molecule has 0 unspecified atom stereocenters. The fourth-order valence-electron chi connectivity index (χ4n) is 3.26. The molecular formula is C18H24N2O4. The first-order chi connectivity index (χ1) is 11.6. The van der Waals surface area contributed by atoms with Gasteiger partial charge in [-0.25, -0.2) is 0 Å². The lowest BCUT2D eigenvalue weighted by Crippen LogP contribution is -2.51. The van der Waals surface area contributed by atoms with Crippen LogP contribution in [0.4, 0.5) is 0 Å². The number of rotatable bonds is 4. The highest BCUT2D eigenvalue weighted by atomic mass is 16.5. The Morgan fingerprint density at radius 2 is 1.67 bits per heavy atom. The van der Waals surface area contributed by atoms with Gasteiger partial charge in [0, 0.05) is 32.1 Å². The van der Waals surface area contributed by atoms with Crippen LogP contribution in [0.5, 0.6) is 11.5 Å². The van der Waals surface area contributed by atoms with Gasteiger partial charge >= 0.3 is 0 Å². The van der Waals surface area contributed by atoms with Crippen molar-refractivity contribution in [1.29, 1.82) is 0 Å². The summed E-state index contributed by atoms with van der Waals surface area (Å²) in [5.74, 6) is 1.87. The van der Waals surface area contributed by atoms with Crippen LogP contribution in [-0.4, -0.2) is 62.0 Å². The van der Waals surface area contributed by atoms with E-state index in [1.165, 1.54) is 7.11 Å². The zero-order valence-corrected chi connectivity index (χ0v) is 14.4. The van der Waals surface area contributed by atoms with Crippen LogP contribution in [0.1, 0.15) is 23.7 Å². The fourth-order valence-corrected chi connectivity index (χ4v) is 3.26. The van der Waals surface area contributed by atoms with E-state index in [2.05, 4.69) is 6.92 Å². The lowest BCUT2D eigenvalue weighted by molar-refractivity contribution is -0.134. The second-order valence-corrected chi connectivity index (χ2v) is 6.48. The van der Waals surface area contributed by atoms with Gasteiger partial charge in [0.1, 0.15) is 0 Å². The molecule has 1 heterocycles. The molecule has 130 valence electrons. The fraction of sp³-hybridized carbons (Fsp3) is 0.556. The van der Waals surface area contributed by atoms with Crippen molar-refractivity contribution in [3.8, 4) is 11.5 Å². The summed E-state index contributed by atoms with van der Waals surface area (Å²) in [6.07, 6.45) is 0.999. The standard InChI is InChI=1S/C18H24N2O4/c1-12-11-14(12)18(22)20-9-7-19(8-10-20)17(21)13-5-4-6-15(23-2)16(13)24-3/h4-6,12,14H,7-11H2,1-3H3/t12-,14-/m0/s1. The Bertz CT molecular complexity index is 638. The monoisotopic (exact) mass is 332 g/mol. The average molecular weight is 332 g/mol. The Kier molecular flexibility index (Phi) is 4.64. The van der Waals surface area contributed by atoms with Crippen LogP contribution in [0, 0.1) is 11.8 Å². The van der Waals surface area contributed by atoms with Crippen LogP contribution < -0.4 is 9.47 Å². The molecule has 2 atom stereocenters. The largest absolute Gasteiger partial charge is 0.493 e. The Balaban J connectivity index is 1.66. The number of carbonyl (C=O) groups is 2. The summed E-state index contributed by atoms with van der Waals surface area (Å²) < 4.78 is 10.6. The van der Waals surface area contributed by atoms with E-state index in [4.69, 9.17) is 9.47 Å². The maximum atomic E-state index is 12.8. The molecule has 6 heteroatoms. The predicted molar refractivity (Wildman–Crippen MR) is 89.3 cm³/mol. The molecule has 1 saturated carbocycles. The van der Waals surface area contributed by atoms with Crippen molar-refractivity contribution in [2.45, 2.75) is 13.3 Å². The molecule has 1 saturated heterocycles. The summed E-state index contributed by atoms with van der Waals surface area (Å²) in [6.45, 7) is 4.40. The van der Waals surface area contributed by atoms with Gasteiger partial charge < -0.3 is 19.3 Å². The SMILES string of the molecule is COc1cccc(C(=O)N2CCN(C(=O)[C@H]3C[C@@H]3C)CC2)c1OC. The number of para-hydroxylation sites is 1. The van der Waals surface area contributed by atoms with Gasteiger partial charge in [-0.3, -0.25) is 9.59 Å². The van der Waals surface area contributed by atoms with Crippen LogP contribution in [-0.2, 0) is 4.79 Å². The second-order valence-electron chi connectivity index (χ2n) is 6.48. The lowest BCUT2D eigenvalue weighted by atomic mass is 10.1. The first-order valence-corrected chi connectivity index (χ1v) is 8.35. The first-order valence-electron chi connectivity index (χ1n) is 8.35. The van der Waals surface area contributed by atoms with Gasteiger partial charge in [0.15, 0.2) is 11.5 Å². The number of ether oxygens (including phenoxy) is 2. The number of hydrogen-bond acceptors (Lipinski definition) is 4. The molecule has 6 nitrogen and oxygen atoms in total. The van der Waals surface area contributed by atoms with Crippen molar-refractivity contribution < 1.29 is 19.1 Å². The zero-order chi connectivity index (χ0) is 17.3. The van der Waals surface area contributed by atoms with E-state index in [1.54, 1.807) is 30.2 Å². The van der Waals surface area contributed by atoms with E-state index in [-0.39, 0.29) is 17.7 Å². The Labute approximate surface area is 142 Å². The molecule has 1 aromatic carbocycles. The number of piperazine rings is 1. The Morgan fingerprint density at radius 1 is 1.04 bits per heavy atom. The number of hydrogen-bond donors (Lipinski definition) is 0. The normalized spacial score (nSPS) is 23.0. The predicted octanol–water partition coefficient (Wildman–Crippen LogP) is 1.64. The molecule has 1 aliphatic carbocycles. The van der Waals surface area contributed by atoms with Crippen LogP contribution in [0.25, 0.3) is 0 Å². The van der Waals surface area contributed by atoms with E-state index in [0.717, 1.165) is 6.42 Å². The highest BCUT2D eigenvalue weighted by Crippen LogP contribution is 2.39. The molecule has 1 aromatic rings. The van der Waals surface area contributed by atoms with Crippen molar-refractivity contribution in [2.24, 2.45) is 11.8 Å². The van der Waals surface area contributed by atoms with Gasteiger partial charge in [-0.05, 0) is 24.5 Å². The van der Waals surface area contributed by atoms with Crippen LogP contribution in [0.3, 0.4) is 0 Å². The third-order valence-electron chi connectivity index (χ3n) is 4.94. The topological polar surface area (TPSA) is 59.1 Å². The summed E-state index contributed by atoms with van der Waals surface area (Å²) in [6, 6.07) is 5.29. The maximum absolute atomic E-state index is 12.8. The smallest absolute Gasteiger partial charge is 0.257 e. The van der Waals surface area contributed by atoms with E-state index >= 15 is 0 Å². The van der Waals surface area contributed by atoms with Gasteiger partial charge in [-0.15, -0.1) is 0 Å². The molecule has 3 rings (SSSR count). The minimum Gasteiger partial charge on any atom is -0.493 e. The Morgan fingerprint density at radius 3 is 2.21 bits per heavy atom. The molecule has 0 bridgehead atoms. The third-order valence-corrected chi connectivity index (χ3v) is 4.94. The Hall–Kier alpha value is -2.24. The lowest BCUT2D eigenvalue weighted by Gasteiger charge is -2.35. The highest BCUT2D eigenvalue weighted by molar-refractivity contribution is 5.98. The summed E-state index contributed by atoms with van der Waals surface area (Å²) in [4.78, 5) is 28.8. The molecule has 0 N–H and O–H groups in total. The van der Waals surface area contributed by atoms with Crippen molar-refractivity contribution >= 4 is 11.8 Å². The van der Waals surface area contributed by atoms with Gasteiger partial charge in [-0.1, -0.05) is 13.0 Å². The number of benzene rings is 1. The van der Waals surface area contributed by atoms with Crippen LogP contribution >= 0.6 is 0 Å². The van der Waals surface area contributed by atoms with Gasteiger partial charge in [0.2, 0.25) is 5.91 Å². The molecule has 0 spiro atoms. The maximum Gasteiger partial charge on any atom is 0.257 e. The molecule has 2 amide bonds. The minimum absolute atomic E-state index is 0.0855. The van der Waals surface area contributed by atoms with Crippen molar-refractivity contribution in [3.63, 3.8) is 0 Å². The molecular weight excluding hydrogens is 308 g/mol. The molecule has 24 heavy (non-hydrogen) atoms. The van der Waals surface area contributed by atoms with E-state index in [0.29, 0.717) is 49.2 Å². The molecule has 0 aromatic heterocycles. The zero-order valence-electron chi connectivity index (χ0n) is 14.4. The van der Waals surface area contributed by atoms with Crippen molar-refractivity contribution in [2.75, 3.05) is 40.4 Å². The molecule has 2 fully saturated rings. The van der Waals surface area contributed by atoms with E-state index in [9.17, 15) is 9.59 Å². The van der Waals surface area contributed by atoms with E-state index in [1.807, 2.05) is 4.90 Å². The van der Waals surface area contributed by atoms with Gasteiger partial charge in [0.25, 0.3) is 5.91 Å². The van der Waals surface area contributed by atoms with Crippen molar-refractivity contribution in [3.05, 3.63) is 23.8 Å². The summed E-state index contributed by atoms with van der Waals surface area (Å²) in [5, 5.41) is 0. The van der Waals surface area contributed by atoms with Gasteiger partial charge in [0.05, 0.1) is 19.8 Å². The highest BCUT2D eigenvalue weighted by Gasteiger charge is 2.42. The number of methoxy groups -OCH3 is 2. The summed E-state index contributed by atoms with van der Waals surface area (Å²) in [5.41, 5.74) is 0.493. The minimum atomic E-state index is -0.0855. The van der Waals surface area contributed by atoms with Crippen LogP contribution in [0.15, 0.2) is 18.2 Å².